The molecule has 5 heteroatoms. The summed E-state index contributed by atoms with van der Waals surface area (Å²) in [4.78, 5) is 15.1. The maximum Gasteiger partial charge on any atom is 0.235 e. The fourth-order valence-electron chi connectivity index (χ4n) is 1.30. The quantitative estimate of drug-likeness (QED) is 0.550. The summed E-state index contributed by atoms with van der Waals surface area (Å²) < 4.78 is 0. The predicted octanol–water partition coefficient (Wildman–Crippen LogP) is 1.10. The van der Waals surface area contributed by atoms with Crippen LogP contribution in [-0.2, 0) is 11.3 Å². The monoisotopic (exact) mass is 200 g/mol. The lowest BCUT2D eigenvalue weighted by Gasteiger charge is -2.04. The Morgan fingerprint density at radius 2 is 2.00 bits per heavy atom. The topological polar surface area (TPSA) is 60.1 Å². The van der Waals surface area contributed by atoms with Crippen LogP contribution in [0.3, 0.4) is 0 Å². The molecule has 0 spiro atoms. The first kappa shape index (κ1) is 9.30. The van der Waals surface area contributed by atoms with Gasteiger partial charge in [-0.15, -0.1) is 0 Å². The summed E-state index contributed by atoms with van der Waals surface area (Å²) in [6, 6.07) is 7.50. The van der Waals surface area contributed by atoms with Crippen LogP contribution in [0.4, 0.5) is 0 Å². The van der Waals surface area contributed by atoms with E-state index in [9.17, 15) is 4.79 Å². The number of para-hydroxylation sites is 1. The normalized spacial score (nSPS) is 9.60. The first-order valence-electron chi connectivity index (χ1n) is 4.40. The van der Waals surface area contributed by atoms with Gasteiger partial charge in [-0.25, -0.2) is 9.79 Å². The SMILES string of the molecule is O=C=NCc1ccccc1-n1nccn1. The Morgan fingerprint density at radius 3 is 2.73 bits per heavy atom. The average Bonchev–Trinajstić information content (AvgIpc) is 2.80. The fraction of sp³-hybridized carbons (Fsp3) is 0.100. The van der Waals surface area contributed by atoms with Gasteiger partial charge in [-0.1, -0.05) is 18.2 Å². The number of aliphatic imine (C=N–C) groups is 1. The Kier molecular flexibility index (Phi) is 2.67. The predicted molar refractivity (Wildman–Crippen MR) is 53.2 cm³/mol. The first-order chi connectivity index (χ1) is 7.42. The molecule has 1 aromatic carbocycles. The molecule has 0 atom stereocenters. The van der Waals surface area contributed by atoms with Gasteiger partial charge in [0.25, 0.3) is 0 Å². The van der Waals surface area contributed by atoms with Crippen LogP contribution in [0.5, 0.6) is 0 Å². The van der Waals surface area contributed by atoms with Gasteiger partial charge in [-0.3, -0.25) is 0 Å². The zero-order valence-electron chi connectivity index (χ0n) is 7.87. The fourth-order valence-corrected chi connectivity index (χ4v) is 1.30. The van der Waals surface area contributed by atoms with Gasteiger partial charge in [-0.2, -0.15) is 15.0 Å². The molecule has 1 heterocycles. The molecule has 0 aliphatic heterocycles. The van der Waals surface area contributed by atoms with Crippen LogP contribution in [0.15, 0.2) is 41.7 Å². The Hall–Kier alpha value is -2.26. The largest absolute Gasteiger partial charge is 0.235 e. The lowest BCUT2D eigenvalue weighted by molar-refractivity contribution is 0.562. The van der Waals surface area contributed by atoms with Crippen LogP contribution in [0, 0.1) is 0 Å². The molecule has 0 N–H and O–H groups in total. The minimum absolute atomic E-state index is 0.293. The van der Waals surface area contributed by atoms with Gasteiger partial charge in [0, 0.05) is 5.56 Å². The number of carbonyl (C=O) groups excluding carboxylic acids is 1. The summed E-state index contributed by atoms with van der Waals surface area (Å²) in [5, 5.41) is 8.04. The van der Waals surface area contributed by atoms with E-state index in [-0.39, 0.29) is 0 Å². The van der Waals surface area contributed by atoms with E-state index in [1.54, 1.807) is 12.4 Å². The van der Waals surface area contributed by atoms with Crippen LogP contribution in [0.2, 0.25) is 0 Å². The zero-order valence-corrected chi connectivity index (χ0v) is 7.87. The number of aromatic nitrogens is 3. The molecule has 0 unspecified atom stereocenters. The van der Waals surface area contributed by atoms with Gasteiger partial charge < -0.3 is 0 Å². The number of hydrogen-bond donors (Lipinski definition) is 0. The smallest absolute Gasteiger partial charge is 0.211 e. The van der Waals surface area contributed by atoms with Crippen LogP contribution in [0.1, 0.15) is 5.56 Å². The summed E-state index contributed by atoms with van der Waals surface area (Å²) in [5.41, 5.74) is 1.71. The summed E-state index contributed by atoms with van der Waals surface area (Å²) in [6.45, 7) is 0.293. The molecule has 0 bridgehead atoms. The molecule has 1 aromatic heterocycles. The molecule has 0 aliphatic rings. The van der Waals surface area contributed by atoms with E-state index in [0.29, 0.717) is 6.54 Å². The van der Waals surface area contributed by atoms with Crippen molar-refractivity contribution >= 4 is 6.08 Å². The summed E-state index contributed by atoms with van der Waals surface area (Å²) in [6.07, 6.45) is 4.71. The Bertz CT molecular complexity index is 486. The molecule has 0 amide bonds. The maximum atomic E-state index is 10.0. The van der Waals surface area contributed by atoms with Crippen molar-refractivity contribution in [2.45, 2.75) is 6.54 Å². The van der Waals surface area contributed by atoms with Gasteiger partial charge in [0.1, 0.15) is 0 Å². The third-order valence-electron chi connectivity index (χ3n) is 1.94. The van der Waals surface area contributed by atoms with Gasteiger partial charge in [0.15, 0.2) is 0 Å². The van der Waals surface area contributed by atoms with E-state index < -0.39 is 0 Å². The van der Waals surface area contributed by atoms with Gasteiger partial charge >= 0.3 is 0 Å². The highest BCUT2D eigenvalue weighted by atomic mass is 16.1. The van der Waals surface area contributed by atoms with Crippen molar-refractivity contribution in [3.63, 3.8) is 0 Å². The molecular weight excluding hydrogens is 192 g/mol. The molecular formula is C10H8N4O. The maximum absolute atomic E-state index is 10.0. The van der Waals surface area contributed by atoms with Gasteiger partial charge in [0.2, 0.25) is 6.08 Å². The lowest BCUT2D eigenvalue weighted by atomic mass is 10.2. The van der Waals surface area contributed by atoms with Crippen molar-refractivity contribution in [2.24, 2.45) is 4.99 Å². The number of rotatable bonds is 3. The van der Waals surface area contributed by atoms with Crippen LogP contribution < -0.4 is 0 Å². The van der Waals surface area contributed by atoms with E-state index >= 15 is 0 Å². The molecule has 15 heavy (non-hydrogen) atoms. The molecule has 2 aromatic rings. The highest BCUT2D eigenvalue weighted by Gasteiger charge is 2.03. The summed E-state index contributed by atoms with van der Waals surface area (Å²) in [7, 11) is 0. The molecule has 0 aliphatic carbocycles. The Morgan fingerprint density at radius 1 is 1.27 bits per heavy atom. The van der Waals surface area contributed by atoms with Gasteiger partial charge in [-0.05, 0) is 6.07 Å². The highest BCUT2D eigenvalue weighted by molar-refractivity contribution is 5.41. The lowest BCUT2D eigenvalue weighted by Crippen LogP contribution is -2.02. The molecule has 0 radical (unpaired) electrons. The molecule has 2 rings (SSSR count). The van der Waals surface area contributed by atoms with Crippen LogP contribution in [-0.4, -0.2) is 21.1 Å². The number of nitrogens with zero attached hydrogens (tertiary/aromatic N) is 4. The number of isocyanates is 1. The summed E-state index contributed by atoms with van der Waals surface area (Å²) in [5.74, 6) is 0. The van der Waals surface area contributed by atoms with Crippen LogP contribution in [0.25, 0.3) is 5.69 Å². The molecule has 0 saturated carbocycles. The van der Waals surface area contributed by atoms with Crippen molar-refractivity contribution in [3.05, 3.63) is 42.2 Å². The van der Waals surface area contributed by atoms with Gasteiger partial charge in [0.05, 0.1) is 24.6 Å². The minimum atomic E-state index is 0.293. The van der Waals surface area contributed by atoms with E-state index in [1.165, 1.54) is 10.9 Å². The van der Waals surface area contributed by atoms with E-state index in [2.05, 4.69) is 15.2 Å². The van der Waals surface area contributed by atoms with Crippen molar-refractivity contribution in [2.75, 3.05) is 0 Å². The highest BCUT2D eigenvalue weighted by Crippen LogP contribution is 2.12. The zero-order chi connectivity index (χ0) is 10.5. The van der Waals surface area contributed by atoms with E-state index in [1.807, 2.05) is 24.3 Å². The molecule has 0 saturated heterocycles. The third kappa shape index (κ3) is 1.98. The summed E-state index contributed by atoms with van der Waals surface area (Å²) >= 11 is 0. The number of hydrogen-bond acceptors (Lipinski definition) is 4. The van der Waals surface area contributed by atoms with Crippen molar-refractivity contribution < 1.29 is 4.79 Å². The van der Waals surface area contributed by atoms with Crippen LogP contribution >= 0.6 is 0 Å². The molecule has 74 valence electrons. The number of benzene rings is 1. The Labute approximate surface area is 86.1 Å². The average molecular weight is 200 g/mol. The van der Waals surface area contributed by atoms with Crippen molar-refractivity contribution in [1.82, 2.24) is 15.0 Å². The standard InChI is InChI=1S/C10H8N4O/c15-8-11-7-9-3-1-2-4-10(9)14-12-5-6-13-14/h1-6H,7H2. The van der Waals surface area contributed by atoms with Crippen molar-refractivity contribution in [1.29, 1.82) is 0 Å². The first-order valence-corrected chi connectivity index (χ1v) is 4.40. The molecule has 0 fully saturated rings. The van der Waals surface area contributed by atoms with Crippen molar-refractivity contribution in [3.8, 4) is 5.69 Å². The Balaban J connectivity index is 2.42. The minimum Gasteiger partial charge on any atom is -0.211 e. The second-order valence-electron chi connectivity index (χ2n) is 2.85. The van der Waals surface area contributed by atoms with E-state index in [4.69, 9.17) is 0 Å². The molecule has 5 nitrogen and oxygen atoms in total. The van der Waals surface area contributed by atoms with E-state index in [0.717, 1.165) is 11.3 Å². The second kappa shape index (κ2) is 4.30. The second-order valence-corrected chi connectivity index (χ2v) is 2.85. The third-order valence-corrected chi connectivity index (χ3v) is 1.94.